The van der Waals surface area contributed by atoms with Crippen LogP contribution in [0.2, 0.25) is 5.02 Å². The van der Waals surface area contributed by atoms with Crippen LogP contribution in [0.15, 0.2) is 29.5 Å². The van der Waals surface area contributed by atoms with Crippen LogP contribution in [-0.4, -0.2) is 36.2 Å². The van der Waals surface area contributed by atoms with Crippen molar-refractivity contribution in [2.24, 2.45) is 0 Å². The topological polar surface area (TPSA) is 80.7 Å². The molecule has 3 rings (SSSR count). The average molecular weight is 349 g/mol. The van der Waals surface area contributed by atoms with Gasteiger partial charge in [0.1, 0.15) is 17.6 Å². The fraction of sp³-hybridized carbons (Fsp3) is 0.389. The van der Waals surface area contributed by atoms with Gasteiger partial charge < -0.3 is 14.6 Å². The molecule has 0 amide bonds. The van der Waals surface area contributed by atoms with Crippen molar-refractivity contribution >= 4 is 29.5 Å². The van der Waals surface area contributed by atoms with Gasteiger partial charge >= 0.3 is 0 Å². The maximum absolute atomic E-state index is 12.8. The summed E-state index contributed by atoms with van der Waals surface area (Å²) in [5.74, 6) is -1.24. The van der Waals surface area contributed by atoms with Crippen molar-refractivity contribution in [2.75, 3.05) is 13.2 Å². The highest BCUT2D eigenvalue weighted by Gasteiger charge is 2.48. The molecule has 0 aromatic heterocycles. The van der Waals surface area contributed by atoms with Gasteiger partial charge in [-0.25, -0.2) is 0 Å². The molecular formula is C18H17ClO5. The van der Waals surface area contributed by atoms with Crippen molar-refractivity contribution in [1.82, 2.24) is 0 Å². The minimum absolute atomic E-state index is 0.0153. The molecule has 0 unspecified atom stereocenters. The quantitative estimate of drug-likeness (QED) is 0.668. The van der Waals surface area contributed by atoms with Gasteiger partial charge in [-0.15, -0.1) is 0 Å². The molecule has 1 aliphatic heterocycles. The zero-order valence-corrected chi connectivity index (χ0v) is 13.8. The van der Waals surface area contributed by atoms with Crippen LogP contribution in [0.3, 0.4) is 0 Å². The predicted molar refractivity (Wildman–Crippen MR) is 87.5 cm³/mol. The minimum Gasteiger partial charge on any atom is -0.510 e. The SMILES string of the molecule is O=CCCC(=O)C1=C(O)C2(CCOCC2)c2ccc(Cl)cc2C1=O. The van der Waals surface area contributed by atoms with E-state index >= 15 is 0 Å². The number of hydrogen-bond acceptors (Lipinski definition) is 5. The van der Waals surface area contributed by atoms with Gasteiger partial charge in [0.15, 0.2) is 11.6 Å². The zero-order valence-electron chi connectivity index (χ0n) is 13.0. The molecule has 0 saturated carbocycles. The number of aldehydes is 1. The molecule has 1 fully saturated rings. The van der Waals surface area contributed by atoms with Crippen molar-refractivity contribution in [3.63, 3.8) is 0 Å². The lowest BCUT2D eigenvalue weighted by atomic mass is 9.65. The highest BCUT2D eigenvalue weighted by molar-refractivity contribution is 6.32. The lowest BCUT2D eigenvalue weighted by Crippen LogP contribution is -2.42. The number of carbonyl (C=O) groups excluding carboxylic acids is 3. The number of halogens is 1. The molecular weight excluding hydrogens is 332 g/mol. The summed E-state index contributed by atoms with van der Waals surface area (Å²) in [6.07, 6.45) is 1.49. The van der Waals surface area contributed by atoms with Gasteiger partial charge in [-0.2, -0.15) is 0 Å². The van der Waals surface area contributed by atoms with Crippen LogP contribution >= 0.6 is 11.6 Å². The molecule has 1 aromatic carbocycles. The smallest absolute Gasteiger partial charge is 0.200 e. The summed E-state index contributed by atoms with van der Waals surface area (Å²) in [7, 11) is 0. The van der Waals surface area contributed by atoms with E-state index in [1.165, 1.54) is 6.07 Å². The molecule has 0 atom stereocenters. The van der Waals surface area contributed by atoms with Gasteiger partial charge in [0.2, 0.25) is 0 Å². The molecule has 6 heteroatoms. The Hall–Kier alpha value is -1.98. The number of ketones is 2. The fourth-order valence-corrected chi connectivity index (χ4v) is 3.70. The summed E-state index contributed by atoms with van der Waals surface area (Å²) in [6.45, 7) is 0.853. The molecule has 1 spiro atoms. The number of carbonyl (C=O) groups is 3. The summed E-state index contributed by atoms with van der Waals surface area (Å²) in [5.41, 5.74) is 0.00735. The predicted octanol–water partition coefficient (Wildman–Crippen LogP) is 2.94. The summed E-state index contributed by atoms with van der Waals surface area (Å²) >= 11 is 6.03. The first-order valence-corrected chi connectivity index (χ1v) is 8.22. The first-order chi connectivity index (χ1) is 11.5. The van der Waals surface area contributed by atoms with Crippen LogP contribution in [-0.2, 0) is 19.7 Å². The van der Waals surface area contributed by atoms with Crippen molar-refractivity contribution in [1.29, 1.82) is 0 Å². The van der Waals surface area contributed by atoms with E-state index in [1.807, 2.05) is 0 Å². The molecule has 2 aliphatic rings. The Kier molecular flexibility index (Phi) is 4.56. The maximum Gasteiger partial charge on any atom is 0.200 e. The second-order valence-electron chi connectivity index (χ2n) is 6.07. The van der Waals surface area contributed by atoms with E-state index in [1.54, 1.807) is 12.1 Å². The molecule has 1 N–H and O–H groups in total. The maximum atomic E-state index is 12.8. The number of aliphatic hydroxyl groups is 1. The second-order valence-corrected chi connectivity index (χ2v) is 6.50. The van der Waals surface area contributed by atoms with Crippen molar-refractivity contribution in [3.8, 4) is 0 Å². The van der Waals surface area contributed by atoms with Gasteiger partial charge in [0, 0.05) is 36.6 Å². The van der Waals surface area contributed by atoms with Crippen LogP contribution in [0.5, 0.6) is 0 Å². The third-order valence-corrected chi connectivity index (χ3v) is 5.01. The number of rotatable bonds is 4. The lowest BCUT2D eigenvalue weighted by molar-refractivity contribution is -0.117. The van der Waals surface area contributed by atoms with Crippen LogP contribution in [0.1, 0.15) is 41.6 Å². The van der Waals surface area contributed by atoms with Crippen LogP contribution in [0.4, 0.5) is 0 Å². The van der Waals surface area contributed by atoms with Crippen molar-refractivity contribution < 1.29 is 24.2 Å². The fourth-order valence-electron chi connectivity index (χ4n) is 3.53. The van der Waals surface area contributed by atoms with Crippen LogP contribution in [0, 0.1) is 0 Å². The van der Waals surface area contributed by atoms with E-state index in [4.69, 9.17) is 16.3 Å². The second kappa shape index (κ2) is 6.49. The Balaban J connectivity index is 2.18. The Morgan fingerprint density at radius 2 is 2.04 bits per heavy atom. The van der Waals surface area contributed by atoms with E-state index < -0.39 is 17.0 Å². The molecule has 5 nitrogen and oxygen atoms in total. The number of hydrogen-bond donors (Lipinski definition) is 1. The number of Topliss-reactive ketones (excluding diaryl/α,β-unsaturated/α-hetero) is 2. The van der Waals surface area contributed by atoms with E-state index in [0.717, 1.165) is 0 Å². The van der Waals surface area contributed by atoms with E-state index in [0.29, 0.717) is 48.5 Å². The third-order valence-electron chi connectivity index (χ3n) is 4.77. The molecule has 1 aliphatic carbocycles. The lowest BCUT2D eigenvalue weighted by Gasteiger charge is -2.41. The molecule has 1 heterocycles. The van der Waals surface area contributed by atoms with Crippen molar-refractivity contribution in [2.45, 2.75) is 31.1 Å². The summed E-state index contributed by atoms with van der Waals surface area (Å²) in [4.78, 5) is 35.8. The number of benzene rings is 1. The average Bonchev–Trinajstić information content (AvgIpc) is 2.59. The highest BCUT2D eigenvalue weighted by Crippen LogP contribution is 2.47. The number of aliphatic hydroxyl groups excluding tert-OH is 1. The standard InChI is InChI=1S/C18H17ClO5/c19-11-3-4-13-12(10-11)16(22)15(14(21)2-1-7-20)17(23)18(13)5-8-24-9-6-18/h3-4,7,10,23H,1-2,5-6,8-9H2. The Morgan fingerprint density at radius 3 is 2.71 bits per heavy atom. The monoisotopic (exact) mass is 348 g/mol. The first kappa shape index (κ1) is 16.9. The highest BCUT2D eigenvalue weighted by atomic mass is 35.5. The Labute approximate surface area is 144 Å². The first-order valence-electron chi connectivity index (χ1n) is 7.84. The minimum atomic E-state index is -0.807. The number of allylic oxidation sites excluding steroid dienone is 2. The largest absolute Gasteiger partial charge is 0.510 e. The van der Waals surface area contributed by atoms with Gasteiger partial charge in [0.25, 0.3) is 0 Å². The van der Waals surface area contributed by atoms with Crippen LogP contribution in [0.25, 0.3) is 0 Å². The van der Waals surface area contributed by atoms with E-state index in [9.17, 15) is 19.5 Å². The summed E-state index contributed by atoms with van der Waals surface area (Å²) in [5, 5.41) is 11.3. The van der Waals surface area contributed by atoms with Gasteiger partial charge in [-0.3, -0.25) is 9.59 Å². The molecule has 1 saturated heterocycles. The van der Waals surface area contributed by atoms with Crippen molar-refractivity contribution in [3.05, 3.63) is 45.7 Å². The van der Waals surface area contributed by atoms with E-state index in [2.05, 4.69) is 0 Å². The normalized spacial score (nSPS) is 19.3. The summed E-state index contributed by atoms with van der Waals surface area (Å²) in [6, 6.07) is 4.96. The molecule has 24 heavy (non-hydrogen) atoms. The molecule has 1 aromatic rings. The molecule has 0 radical (unpaired) electrons. The molecule has 126 valence electrons. The number of fused-ring (bicyclic) bond motifs is 2. The number of ether oxygens (including phenoxy) is 1. The van der Waals surface area contributed by atoms with Gasteiger partial charge in [0.05, 0.1) is 5.41 Å². The summed E-state index contributed by atoms with van der Waals surface area (Å²) < 4.78 is 5.40. The Morgan fingerprint density at radius 1 is 1.33 bits per heavy atom. The molecule has 0 bridgehead atoms. The third kappa shape index (κ3) is 2.58. The van der Waals surface area contributed by atoms with Gasteiger partial charge in [-0.1, -0.05) is 17.7 Å². The van der Waals surface area contributed by atoms with Crippen LogP contribution < -0.4 is 0 Å². The van der Waals surface area contributed by atoms with Gasteiger partial charge in [-0.05, 0) is 30.5 Å². The zero-order chi connectivity index (χ0) is 17.3. The Bertz CT molecular complexity index is 744. The van der Waals surface area contributed by atoms with E-state index in [-0.39, 0.29) is 24.2 Å².